The van der Waals surface area contributed by atoms with Gasteiger partial charge in [-0.15, -0.1) is 0 Å². The van der Waals surface area contributed by atoms with E-state index in [0.29, 0.717) is 5.41 Å². The predicted octanol–water partition coefficient (Wildman–Crippen LogP) is 1.13. The van der Waals surface area contributed by atoms with E-state index >= 15 is 0 Å². The first-order valence-corrected chi connectivity index (χ1v) is 5.33. The molecule has 1 atom stereocenters. The lowest BCUT2D eigenvalue weighted by Crippen LogP contribution is -2.40. The maximum atomic E-state index is 3.55. The van der Waals surface area contributed by atoms with Gasteiger partial charge in [0.15, 0.2) is 0 Å². The van der Waals surface area contributed by atoms with Gasteiger partial charge in [0.25, 0.3) is 0 Å². The van der Waals surface area contributed by atoms with E-state index in [9.17, 15) is 0 Å². The molecule has 2 heteroatoms. The largest absolute Gasteiger partial charge is 0.317 e. The Morgan fingerprint density at radius 3 is 2.33 bits per heavy atom. The highest BCUT2D eigenvalue weighted by Gasteiger charge is 2.31. The van der Waals surface area contributed by atoms with Gasteiger partial charge in [-0.05, 0) is 57.2 Å². The molecule has 2 nitrogen and oxygen atoms in total. The van der Waals surface area contributed by atoms with Gasteiger partial charge >= 0.3 is 0 Å². The van der Waals surface area contributed by atoms with Crippen LogP contribution in [-0.4, -0.2) is 26.2 Å². The smallest absolute Gasteiger partial charge is 0.000830 e. The highest BCUT2D eigenvalue weighted by atomic mass is 14.9. The van der Waals surface area contributed by atoms with E-state index in [-0.39, 0.29) is 0 Å². The van der Waals surface area contributed by atoms with Crippen LogP contribution in [0.1, 0.15) is 32.1 Å². The molecular formula is C10H20N2. The first-order chi connectivity index (χ1) is 5.91. The van der Waals surface area contributed by atoms with E-state index in [4.69, 9.17) is 0 Å². The van der Waals surface area contributed by atoms with Crippen molar-refractivity contribution in [3.05, 3.63) is 0 Å². The van der Waals surface area contributed by atoms with Crippen LogP contribution in [0.25, 0.3) is 0 Å². The molecular weight excluding hydrogens is 148 g/mol. The van der Waals surface area contributed by atoms with Crippen LogP contribution < -0.4 is 10.6 Å². The predicted molar refractivity (Wildman–Crippen MR) is 51.3 cm³/mol. The molecule has 0 aromatic rings. The van der Waals surface area contributed by atoms with Crippen LogP contribution >= 0.6 is 0 Å². The molecule has 2 fully saturated rings. The third-order valence-electron chi connectivity index (χ3n) is 3.45. The van der Waals surface area contributed by atoms with Crippen molar-refractivity contribution in [2.75, 3.05) is 26.2 Å². The van der Waals surface area contributed by atoms with Gasteiger partial charge in [-0.2, -0.15) is 0 Å². The molecule has 12 heavy (non-hydrogen) atoms. The summed E-state index contributed by atoms with van der Waals surface area (Å²) in [5.74, 6) is 0. The minimum atomic E-state index is 0.668. The van der Waals surface area contributed by atoms with Gasteiger partial charge in [-0.1, -0.05) is 0 Å². The topological polar surface area (TPSA) is 24.1 Å². The Morgan fingerprint density at radius 2 is 1.50 bits per heavy atom. The molecule has 1 spiro atoms. The lowest BCUT2D eigenvalue weighted by atomic mass is 9.75. The molecule has 2 aliphatic rings. The van der Waals surface area contributed by atoms with Crippen molar-refractivity contribution in [3.8, 4) is 0 Å². The Hall–Kier alpha value is -0.0800. The van der Waals surface area contributed by atoms with Crippen molar-refractivity contribution in [2.45, 2.75) is 32.1 Å². The first kappa shape index (κ1) is 8.52. The summed E-state index contributed by atoms with van der Waals surface area (Å²) >= 11 is 0. The van der Waals surface area contributed by atoms with Gasteiger partial charge in [0, 0.05) is 6.54 Å². The number of nitrogens with one attached hydrogen (secondary N) is 2. The quantitative estimate of drug-likeness (QED) is 0.566. The van der Waals surface area contributed by atoms with Crippen LogP contribution in [-0.2, 0) is 0 Å². The zero-order chi connectivity index (χ0) is 8.28. The molecule has 2 heterocycles. The fourth-order valence-corrected chi connectivity index (χ4v) is 2.65. The lowest BCUT2D eigenvalue weighted by Gasteiger charge is -2.36. The van der Waals surface area contributed by atoms with Crippen LogP contribution in [0.2, 0.25) is 0 Å². The summed E-state index contributed by atoms with van der Waals surface area (Å²) < 4.78 is 0. The SMILES string of the molecule is C1CNCCC2(C1)CCCNC2. The van der Waals surface area contributed by atoms with Crippen molar-refractivity contribution in [3.63, 3.8) is 0 Å². The number of rotatable bonds is 0. The van der Waals surface area contributed by atoms with Crippen LogP contribution in [0.5, 0.6) is 0 Å². The number of piperidine rings is 1. The van der Waals surface area contributed by atoms with Crippen molar-refractivity contribution in [1.82, 2.24) is 10.6 Å². The second kappa shape index (κ2) is 3.75. The standard InChI is InChI=1S/C10H20N2/c1-3-10(5-8-11-6-1)4-2-7-12-9-10/h11-12H,1-9H2. The Labute approximate surface area is 75.1 Å². The van der Waals surface area contributed by atoms with Crippen LogP contribution in [0.3, 0.4) is 0 Å². The molecule has 1 unspecified atom stereocenters. The van der Waals surface area contributed by atoms with Crippen LogP contribution in [0.4, 0.5) is 0 Å². The Morgan fingerprint density at radius 1 is 0.750 bits per heavy atom. The van der Waals surface area contributed by atoms with Crippen molar-refractivity contribution in [2.24, 2.45) is 5.41 Å². The van der Waals surface area contributed by atoms with Crippen LogP contribution in [0.15, 0.2) is 0 Å². The molecule has 2 N–H and O–H groups in total. The van der Waals surface area contributed by atoms with E-state index in [2.05, 4.69) is 10.6 Å². The number of hydrogen-bond acceptors (Lipinski definition) is 2. The molecule has 0 saturated carbocycles. The maximum absolute atomic E-state index is 3.55. The van der Waals surface area contributed by atoms with Crippen molar-refractivity contribution >= 4 is 0 Å². The molecule has 0 amide bonds. The van der Waals surface area contributed by atoms with Crippen LogP contribution in [0, 0.1) is 5.41 Å². The third-order valence-corrected chi connectivity index (χ3v) is 3.45. The molecule has 0 radical (unpaired) electrons. The average molecular weight is 168 g/mol. The van der Waals surface area contributed by atoms with Gasteiger partial charge < -0.3 is 10.6 Å². The lowest BCUT2D eigenvalue weighted by molar-refractivity contribution is 0.184. The summed E-state index contributed by atoms with van der Waals surface area (Å²) in [6, 6.07) is 0. The van der Waals surface area contributed by atoms with Gasteiger partial charge in [-0.3, -0.25) is 0 Å². The summed E-state index contributed by atoms with van der Waals surface area (Å²) in [7, 11) is 0. The third kappa shape index (κ3) is 1.80. The Bertz CT molecular complexity index is 129. The minimum absolute atomic E-state index is 0.668. The monoisotopic (exact) mass is 168 g/mol. The zero-order valence-electron chi connectivity index (χ0n) is 7.86. The van der Waals surface area contributed by atoms with E-state index in [1.54, 1.807) is 0 Å². The van der Waals surface area contributed by atoms with Gasteiger partial charge in [0.2, 0.25) is 0 Å². The molecule has 0 aliphatic carbocycles. The summed E-state index contributed by atoms with van der Waals surface area (Å²) in [6.45, 7) is 4.99. The number of hydrogen-bond donors (Lipinski definition) is 2. The molecule has 0 aromatic carbocycles. The summed E-state index contributed by atoms with van der Waals surface area (Å²) in [6.07, 6.45) is 7.05. The first-order valence-electron chi connectivity index (χ1n) is 5.33. The van der Waals surface area contributed by atoms with E-state index < -0.39 is 0 Å². The normalized spacial score (nSPS) is 38.0. The van der Waals surface area contributed by atoms with Crippen molar-refractivity contribution in [1.29, 1.82) is 0 Å². The fraction of sp³-hybridized carbons (Fsp3) is 1.00. The summed E-state index contributed by atoms with van der Waals surface area (Å²) in [5.41, 5.74) is 0.668. The average Bonchev–Trinajstić information content (AvgIpc) is 2.33. The second-order valence-electron chi connectivity index (χ2n) is 4.38. The molecule has 2 saturated heterocycles. The van der Waals surface area contributed by atoms with E-state index in [0.717, 1.165) is 0 Å². The molecule has 0 aromatic heterocycles. The fourth-order valence-electron chi connectivity index (χ4n) is 2.65. The summed E-state index contributed by atoms with van der Waals surface area (Å²) in [5, 5.41) is 7.04. The van der Waals surface area contributed by atoms with Gasteiger partial charge in [-0.25, -0.2) is 0 Å². The molecule has 2 aliphatic heterocycles. The highest BCUT2D eigenvalue weighted by Crippen LogP contribution is 2.35. The molecule has 0 bridgehead atoms. The van der Waals surface area contributed by atoms with Gasteiger partial charge in [0.1, 0.15) is 0 Å². The molecule has 2 rings (SSSR count). The minimum Gasteiger partial charge on any atom is -0.317 e. The Kier molecular flexibility index (Phi) is 2.66. The van der Waals surface area contributed by atoms with Crippen molar-refractivity contribution < 1.29 is 0 Å². The van der Waals surface area contributed by atoms with E-state index in [1.807, 2.05) is 0 Å². The second-order valence-corrected chi connectivity index (χ2v) is 4.38. The van der Waals surface area contributed by atoms with Gasteiger partial charge in [0.05, 0.1) is 0 Å². The van der Waals surface area contributed by atoms with E-state index in [1.165, 1.54) is 58.3 Å². The molecule has 70 valence electrons. The summed E-state index contributed by atoms with van der Waals surface area (Å²) in [4.78, 5) is 0. The zero-order valence-corrected chi connectivity index (χ0v) is 7.86. The highest BCUT2D eigenvalue weighted by molar-refractivity contribution is 4.87. The Balaban J connectivity index is 1.95. The maximum Gasteiger partial charge on any atom is 0.000830 e.